The van der Waals surface area contributed by atoms with Crippen molar-refractivity contribution in [2.45, 2.75) is 56.9 Å². The Morgan fingerprint density at radius 3 is 2.76 bits per heavy atom. The van der Waals surface area contributed by atoms with Crippen LogP contribution in [0.4, 0.5) is 0 Å². The van der Waals surface area contributed by atoms with Crippen LogP contribution in [0, 0.1) is 0 Å². The molecule has 2 saturated heterocycles. The van der Waals surface area contributed by atoms with Crippen molar-refractivity contribution in [1.29, 1.82) is 0 Å². The van der Waals surface area contributed by atoms with Gasteiger partial charge in [-0.15, -0.1) is 6.58 Å². The maximum Gasteiger partial charge on any atom is 0.190 e. The highest BCUT2D eigenvalue weighted by Gasteiger charge is 2.57. The normalized spacial score (nSPS) is 31.6. The first-order chi connectivity index (χ1) is 12.0. The van der Waals surface area contributed by atoms with Crippen molar-refractivity contribution in [2.24, 2.45) is 0 Å². The number of aliphatic hydroxyl groups excluding tert-OH is 1. The standard InChI is InChI=1S/C19H26O6/c1-4-10-21-12-14(20)15-16(22-11-13-8-6-5-7-9-13)17-18(23-15)25-19(2,3)24-17/h4-9,14-18,20H,1,10-12H2,2-3H3/t14-,15+,16+,17-,18-/m1/s1. The molecule has 1 N–H and O–H groups in total. The maximum absolute atomic E-state index is 10.5. The van der Waals surface area contributed by atoms with E-state index < -0.39 is 36.5 Å². The van der Waals surface area contributed by atoms with Crippen LogP contribution in [0.1, 0.15) is 19.4 Å². The van der Waals surface area contributed by atoms with E-state index in [-0.39, 0.29) is 6.61 Å². The molecule has 2 heterocycles. The van der Waals surface area contributed by atoms with Crippen molar-refractivity contribution in [1.82, 2.24) is 0 Å². The predicted octanol–water partition coefficient (Wildman–Crippen LogP) is 2.01. The van der Waals surface area contributed by atoms with E-state index in [0.717, 1.165) is 5.56 Å². The summed E-state index contributed by atoms with van der Waals surface area (Å²) in [5.41, 5.74) is 1.04. The zero-order valence-corrected chi connectivity index (χ0v) is 14.7. The molecule has 0 saturated carbocycles. The van der Waals surface area contributed by atoms with E-state index in [4.69, 9.17) is 23.7 Å². The fourth-order valence-corrected chi connectivity index (χ4v) is 3.14. The molecular formula is C19H26O6. The van der Waals surface area contributed by atoms with E-state index in [1.54, 1.807) is 6.08 Å². The van der Waals surface area contributed by atoms with Gasteiger partial charge in [0.25, 0.3) is 0 Å². The minimum absolute atomic E-state index is 0.130. The zero-order valence-electron chi connectivity index (χ0n) is 14.7. The monoisotopic (exact) mass is 350 g/mol. The Morgan fingerprint density at radius 1 is 1.28 bits per heavy atom. The number of aliphatic hydroxyl groups is 1. The molecule has 2 aliphatic rings. The summed E-state index contributed by atoms with van der Waals surface area (Å²) >= 11 is 0. The lowest BCUT2D eigenvalue weighted by Gasteiger charge is -2.28. The van der Waals surface area contributed by atoms with Gasteiger partial charge in [0.2, 0.25) is 0 Å². The minimum atomic E-state index is -0.846. The van der Waals surface area contributed by atoms with E-state index in [2.05, 4.69) is 6.58 Å². The second-order valence-corrected chi connectivity index (χ2v) is 6.72. The molecule has 138 valence electrons. The summed E-state index contributed by atoms with van der Waals surface area (Å²) in [5, 5.41) is 10.5. The summed E-state index contributed by atoms with van der Waals surface area (Å²) in [7, 11) is 0. The van der Waals surface area contributed by atoms with Crippen molar-refractivity contribution >= 4 is 0 Å². The van der Waals surface area contributed by atoms with Gasteiger partial charge in [-0.05, 0) is 19.4 Å². The molecule has 0 aliphatic carbocycles. The molecule has 0 spiro atoms. The Morgan fingerprint density at radius 2 is 2.04 bits per heavy atom. The molecule has 1 aromatic carbocycles. The van der Waals surface area contributed by atoms with Crippen molar-refractivity contribution in [3.63, 3.8) is 0 Å². The predicted molar refractivity (Wildman–Crippen MR) is 90.7 cm³/mol. The van der Waals surface area contributed by atoms with Gasteiger partial charge in [-0.25, -0.2) is 0 Å². The fraction of sp³-hybridized carbons (Fsp3) is 0.579. The van der Waals surface area contributed by atoms with E-state index in [1.165, 1.54) is 0 Å². The summed E-state index contributed by atoms with van der Waals surface area (Å²) in [6, 6.07) is 9.85. The molecular weight excluding hydrogens is 324 g/mol. The van der Waals surface area contributed by atoms with Crippen LogP contribution in [-0.2, 0) is 30.3 Å². The van der Waals surface area contributed by atoms with Gasteiger partial charge in [-0.2, -0.15) is 0 Å². The Bertz CT molecular complexity index is 560. The number of benzene rings is 1. The average molecular weight is 350 g/mol. The van der Waals surface area contributed by atoms with Crippen molar-refractivity contribution in [3.05, 3.63) is 48.6 Å². The summed E-state index contributed by atoms with van der Waals surface area (Å²) < 4.78 is 29.0. The van der Waals surface area contributed by atoms with Gasteiger partial charge in [0.05, 0.1) is 19.8 Å². The molecule has 3 rings (SSSR count). The van der Waals surface area contributed by atoms with E-state index in [9.17, 15) is 5.11 Å². The Hall–Kier alpha value is -1.28. The van der Waals surface area contributed by atoms with Crippen LogP contribution in [0.15, 0.2) is 43.0 Å². The third-order valence-electron chi connectivity index (χ3n) is 4.22. The van der Waals surface area contributed by atoms with Crippen LogP contribution in [-0.4, -0.2) is 54.8 Å². The largest absolute Gasteiger partial charge is 0.388 e. The summed E-state index contributed by atoms with van der Waals surface area (Å²) in [4.78, 5) is 0. The van der Waals surface area contributed by atoms with E-state index in [1.807, 2.05) is 44.2 Å². The van der Waals surface area contributed by atoms with E-state index >= 15 is 0 Å². The van der Waals surface area contributed by atoms with Gasteiger partial charge in [0.1, 0.15) is 24.4 Å². The zero-order chi connectivity index (χ0) is 17.9. The van der Waals surface area contributed by atoms with Gasteiger partial charge in [0, 0.05) is 0 Å². The summed E-state index contributed by atoms with van der Waals surface area (Å²) in [5.74, 6) is -0.737. The Kier molecular flexibility index (Phi) is 5.89. The molecule has 0 unspecified atom stereocenters. The fourth-order valence-electron chi connectivity index (χ4n) is 3.14. The van der Waals surface area contributed by atoms with E-state index in [0.29, 0.717) is 13.2 Å². The number of hydrogen-bond acceptors (Lipinski definition) is 6. The second kappa shape index (κ2) is 7.95. The van der Waals surface area contributed by atoms with Gasteiger partial charge >= 0.3 is 0 Å². The SMILES string of the molecule is C=CCOC[C@@H](O)[C@@H]1O[C@@H]2OC(C)(C)O[C@@H]2[C@H]1OCc1ccccc1. The highest BCUT2D eigenvalue weighted by Crippen LogP contribution is 2.40. The first-order valence-corrected chi connectivity index (χ1v) is 8.53. The van der Waals surface area contributed by atoms with Crippen LogP contribution in [0.3, 0.4) is 0 Å². The molecule has 2 aliphatic heterocycles. The lowest BCUT2D eigenvalue weighted by molar-refractivity contribution is -0.233. The highest BCUT2D eigenvalue weighted by molar-refractivity contribution is 5.13. The molecule has 0 radical (unpaired) electrons. The third-order valence-corrected chi connectivity index (χ3v) is 4.22. The molecule has 25 heavy (non-hydrogen) atoms. The molecule has 0 amide bonds. The first-order valence-electron chi connectivity index (χ1n) is 8.53. The second-order valence-electron chi connectivity index (χ2n) is 6.72. The van der Waals surface area contributed by atoms with Crippen molar-refractivity contribution in [3.8, 4) is 0 Å². The maximum atomic E-state index is 10.5. The van der Waals surface area contributed by atoms with Gasteiger partial charge in [-0.3, -0.25) is 0 Å². The lowest BCUT2D eigenvalue weighted by Crippen LogP contribution is -2.44. The van der Waals surface area contributed by atoms with Gasteiger partial charge in [0.15, 0.2) is 12.1 Å². The average Bonchev–Trinajstić information content (AvgIpc) is 3.06. The quantitative estimate of drug-likeness (QED) is 0.571. The first kappa shape index (κ1) is 18.5. The van der Waals surface area contributed by atoms with Crippen LogP contribution in [0.2, 0.25) is 0 Å². The molecule has 5 atom stereocenters. The molecule has 0 aromatic heterocycles. The van der Waals surface area contributed by atoms with Crippen LogP contribution in [0.5, 0.6) is 0 Å². The molecule has 0 bridgehead atoms. The Balaban J connectivity index is 1.67. The number of rotatable bonds is 8. The van der Waals surface area contributed by atoms with Crippen LogP contribution >= 0.6 is 0 Å². The lowest BCUT2D eigenvalue weighted by atomic mass is 10.1. The highest BCUT2D eigenvalue weighted by atomic mass is 16.8. The number of fused-ring (bicyclic) bond motifs is 1. The smallest absolute Gasteiger partial charge is 0.190 e. The molecule has 1 aromatic rings. The van der Waals surface area contributed by atoms with Crippen molar-refractivity contribution in [2.75, 3.05) is 13.2 Å². The van der Waals surface area contributed by atoms with Gasteiger partial charge in [-0.1, -0.05) is 36.4 Å². The molecule has 2 fully saturated rings. The van der Waals surface area contributed by atoms with Crippen LogP contribution in [0.25, 0.3) is 0 Å². The number of ether oxygens (including phenoxy) is 5. The summed E-state index contributed by atoms with van der Waals surface area (Å²) in [6.07, 6.45) is -1.20. The Labute approximate surface area is 148 Å². The van der Waals surface area contributed by atoms with Crippen molar-refractivity contribution < 1.29 is 28.8 Å². The summed E-state index contributed by atoms with van der Waals surface area (Å²) in [6.45, 7) is 8.16. The minimum Gasteiger partial charge on any atom is -0.388 e. The van der Waals surface area contributed by atoms with Crippen LogP contribution < -0.4 is 0 Å². The van der Waals surface area contributed by atoms with Gasteiger partial charge < -0.3 is 28.8 Å². The topological polar surface area (TPSA) is 66.4 Å². The number of hydrogen-bond donors (Lipinski definition) is 1. The molecule has 6 nitrogen and oxygen atoms in total. The molecule has 6 heteroatoms. The third kappa shape index (κ3) is 4.47.